The van der Waals surface area contributed by atoms with Crippen LogP contribution in [-0.2, 0) is 0 Å². The Morgan fingerprint density at radius 3 is 2.28 bits per heavy atom. The zero-order chi connectivity index (χ0) is 18.0. The Morgan fingerprint density at radius 1 is 0.840 bits per heavy atom. The molecule has 0 atom stereocenters. The fraction of sp³-hybridized carbons (Fsp3) is 0. The summed E-state index contributed by atoms with van der Waals surface area (Å²) >= 11 is 0. The zero-order valence-electron chi connectivity index (χ0n) is 12.6. The van der Waals surface area contributed by atoms with Crippen LogP contribution in [0.3, 0.4) is 0 Å². The number of hydrogen-bond acceptors (Lipinski definition) is 7. The maximum absolute atomic E-state index is 11.1. The molecule has 0 aromatic heterocycles. The first kappa shape index (κ1) is 16.0. The van der Waals surface area contributed by atoms with E-state index in [1.54, 1.807) is 30.3 Å². The van der Waals surface area contributed by atoms with Gasteiger partial charge in [-0.25, -0.2) is 0 Å². The minimum absolute atomic E-state index is 0.0224. The molecule has 0 saturated carbocycles. The van der Waals surface area contributed by atoms with Crippen LogP contribution in [0.4, 0.5) is 22.7 Å². The Morgan fingerprint density at radius 2 is 1.56 bits per heavy atom. The molecule has 0 radical (unpaired) electrons. The number of phenols is 1. The number of aromatic hydroxyl groups is 1. The lowest BCUT2D eigenvalue weighted by atomic mass is 10.1. The molecule has 1 N–H and O–H groups in total. The Labute approximate surface area is 140 Å². The second kappa shape index (κ2) is 6.32. The third-order valence-corrected chi connectivity index (χ3v) is 3.46. The molecule has 9 nitrogen and oxygen atoms in total. The molecule has 9 heteroatoms. The fourth-order valence-corrected chi connectivity index (χ4v) is 2.32. The van der Waals surface area contributed by atoms with Gasteiger partial charge in [0.2, 0.25) is 0 Å². The summed E-state index contributed by atoms with van der Waals surface area (Å²) in [5, 5.41) is 40.9. The summed E-state index contributed by atoms with van der Waals surface area (Å²) in [6.07, 6.45) is 0. The van der Waals surface area contributed by atoms with Crippen molar-refractivity contribution < 1.29 is 15.0 Å². The number of nitrogens with zero attached hydrogens (tertiary/aromatic N) is 4. The summed E-state index contributed by atoms with van der Waals surface area (Å²) < 4.78 is 0. The molecule has 3 aromatic rings. The Bertz CT molecular complexity index is 1030. The number of azo groups is 1. The second-order valence-corrected chi connectivity index (χ2v) is 5.07. The monoisotopic (exact) mass is 338 g/mol. The summed E-state index contributed by atoms with van der Waals surface area (Å²) in [6, 6.07) is 13.2. The van der Waals surface area contributed by atoms with E-state index in [4.69, 9.17) is 0 Å². The van der Waals surface area contributed by atoms with Crippen molar-refractivity contribution in [1.82, 2.24) is 0 Å². The molecular formula is C16H10N4O5. The van der Waals surface area contributed by atoms with E-state index in [9.17, 15) is 25.3 Å². The molecule has 0 unspecified atom stereocenters. The van der Waals surface area contributed by atoms with Crippen LogP contribution in [0.15, 0.2) is 64.8 Å². The number of benzene rings is 3. The molecule has 0 bridgehead atoms. The number of rotatable bonds is 4. The SMILES string of the molecule is O=[N+]([O-])c1ccc(N=Nc2cc(O)cc3ccccc23)c([N+](=O)[O-])c1. The van der Waals surface area contributed by atoms with Crippen LogP contribution >= 0.6 is 0 Å². The topological polar surface area (TPSA) is 131 Å². The zero-order valence-corrected chi connectivity index (χ0v) is 12.6. The molecule has 25 heavy (non-hydrogen) atoms. The predicted molar refractivity (Wildman–Crippen MR) is 89.5 cm³/mol. The molecule has 0 heterocycles. The summed E-state index contributed by atoms with van der Waals surface area (Å²) in [6.45, 7) is 0. The minimum atomic E-state index is -0.762. The van der Waals surface area contributed by atoms with Crippen molar-refractivity contribution >= 4 is 33.5 Å². The van der Waals surface area contributed by atoms with Gasteiger partial charge in [0.05, 0.1) is 21.6 Å². The molecule has 0 aliphatic heterocycles. The molecule has 0 aliphatic carbocycles. The van der Waals surface area contributed by atoms with Gasteiger partial charge in [-0.1, -0.05) is 24.3 Å². The summed E-state index contributed by atoms with van der Waals surface area (Å²) in [5.74, 6) is -0.0224. The first-order chi connectivity index (χ1) is 12.0. The minimum Gasteiger partial charge on any atom is -0.508 e. The smallest absolute Gasteiger partial charge is 0.303 e. The van der Waals surface area contributed by atoms with Gasteiger partial charge in [0.25, 0.3) is 5.69 Å². The van der Waals surface area contributed by atoms with Gasteiger partial charge in [-0.2, -0.15) is 0 Å². The van der Waals surface area contributed by atoms with Crippen molar-refractivity contribution in [3.05, 3.63) is 74.8 Å². The van der Waals surface area contributed by atoms with E-state index >= 15 is 0 Å². The molecule has 124 valence electrons. The highest BCUT2D eigenvalue weighted by atomic mass is 16.6. The molecule has 0 fully saturated rings. The number of hydrogen-bond donors (Lipinski definition) is 1. The van der Waals surface area contributed by atoms with Gasteiger partial charge in [-0.05, 0) is 17.5 Å². The van der Waals surface area contributed by atoms with Crippen molar-refractivity contribution in [2.24, 2.45) is 10.2 Å². The molecule has 0 spiro atoms. The van der Waals surface area contributed by atoms with Crippen LogP contribution in [0.2, 0.25) is 0 Å². The van der Waals surface area contributed by atoms with E-state index in [1.165, 1.54) is 6.07 Å². The van der Waals surface area contributed by atoms with Crippen LogP contribution in [0, 0.1) is 20.2 Å². The van der Waals surface area contributed by atoms with E-state index < -0.39 is 21.2 Å². The number of fused-ring (bicyclic) bond motifs is 1. The lowest BCUT2D eigenvalue weighted by molar-refractivity contribution is -0.393. The Kier molecular flexibility index (Phi) is 4.04. The predicted octanol–water partition coefficient (Wildman–Crippen LogP) is 4.78. The van der Waals surface area contributed by atoms with E-state index in [0.717, 1.165) is 23.6 Å². The first-order valence-corrected chi connectivity index (χ1v) is 7.02. The third-order valence-electron chi connectivity index (χ3n) is 3.46. The number of nitro groups is 2. The van der Waals surface area contributed by atoms with Crippen molar-refractivity contribution in [2.45, 2.75) is 0 Å². The van der Waals surface area contributed by atoms with Crippen molar-refractivity contribution in [3.8, 4) is 5.75 Å². The van der Waals surface area contributed by atoms with Gasteiger partial charge >= 0.3 is 5.69 Å². The summed E-state index contributed by atoms with van der Waals surface area (Å²) in [4.78, 5) is 20.4. The number of phenolic OH excluding ortho intramolecular Hbond substituents is 1. The Balaban J connectivity index is 2.09. The second-order valence-electron chi connectivity index (χ2n) is 5.07. The fourth-order valence-electron chi connectivity index (χ4n) is 2.32. The number of non-ortho nitro benzene ring substituents is 1. The average molecular weight is 338 g/mol. The van der Waals surface area contributed by atoms with Crippen LogP contribution in [0.1, 0.15) is 0 Å². The molecule has 3 rings (SSSR count). The summed E-state index contributed by atoms with van der Waals surface area (Å²) in [7, 11) is 0. The number of nitro benzene ring substituents is 2. The molecule has 3 aromatic carbocycles. The van der Waals surface area contributed by atoms with Crippen molar-refractivity contribution in [2.75, 3.05) is 0 Å². The van der Waals surface area contributed by atoms with E-state index in [2.05, 4.69) is 10.2 Å². The lowest BCUT2D eigenvalue weighted by Crippen LogP contribution is -1.92. The molecule has 0 saturated heterocycles. The highest BCUT2D eigenvalue weighted by Gasteiger charge is 2.19. The van der Waals surface area contributed by atoms with E-state index in [-0.39, 0.29) is 11.4 Å². The summed E-state index contributed by atoms with van der Waals surface area (Å²) in [5.41, 5.74) is -0.734. The highest BCUT2D eigenvalue weighted by molar-refractivity contribution is 5.93. The highest BCUT2D eigenvalue weighted by Crippen LogP contribution is 2.35. The first-order valence-electron chi connectivity index (χ1n) is 7.02. The largest absolute Gasteiger partial charge is 0.508 e. The van der Waals surface area contributed by atoms with Gasteiger partial charge < -0.3 is 5.11 Å². The van der Waals surface area contributed by atoms with Crippen LogP contribution in [-0.4, -0.2) is 15.0 Å². The van der Waals surface area contributed by atoms with Gasteiger partial charge in [0, 0.05) is 17.5 Å². The quantitative estimate of drug-likeness (QED) is 0.415. The van der Waals surface area contributed by atoms with E-state index in [1.807, 2.05) is 0 Å². The van der Waals surface area contributed by atoms with Crippen LogP contribution < -0.4 is 0 Å². The van der Waals surface area contributed by atoms with Gasteiger partial charge in [-0.15, -0.1) is 10.2 Å². The van der Waals surface area contributed by atoms with E-state index in [0.29, 0.717) is 11.1 Å². The van der Waals surface area contributed by atoms with Crippen molar-refractivity contribution in [1.29, 1.82) is 0 Å². The molecular weight excluding hydrogens is 328 g/mol. The standard InChI is InChI=1S/C16H10N4O5/c21-12-7-10-3-1-2-4-13(10)15(9-12)18-17-14-6-5-11(19(22)23)8-16(14)20(24)25/h1-9,21H. The molecule has 0 amide bonds. The molecule has 0 aliphatic rings. The normalized spacial score (nSPS) is 11.0. The van der Waals surface area contributed by atoms with Crippen molar-refractivity contribution in [3.63, 3.8) is 0 Å². The maximum atomic E-state index is 11.1. The third kappa shape index (κ3) is 3.24. The van der Waals surface area contributed by atoms with Crippen LogP contribution in [0.25, 0.3) is 10.8 Å². The van der Waals surface area contributed by atoms with Gasteiger partial charge in [0.1, 0.15) is 5.75 Å². The van der Waals surface area contributed by atoms with Crippen LogP contribution in [0.5, 0.6) is 5.75 Å². The van der Waals surface area contributed by atoms with Gasteiger partial charge in [-0.3, -0.25) is 20.2 Å². The Hall–Kier alpha value is -3.88. The lowest BCUT2D eigenvalue weighted by Gasteiger charge is -2.02. The maximum Gasteiger partial charge on any atom is 0.303 e. The average Bonchev–Trinajstić information content (AvgIpc) is 2.59. The van der Waals surface area contributed by atoms with Gasteiger partial charge in [0.15, 0.2) is 5.69 Å².